The first-order valence-electron chi connectivity index (χ1n) is 10.1. The highest BCUT2D eigenvalue weighted by atomic mass is 15.2. The van der Waals surface area contributed by atoms with Gasteiger partial charge in [0, 0.05) is 35.4 Å². The second-order valence-electron chi connectivity index (χ2n) is 7.68. The average molecular weight is 371 g/mol. The van der Waals surface area contributed by atoms with Gasteiger partial charge in [0.1, 0.15) is 12.7 Å². The van der Waals surface area contributed by atoms with E-state index in [-0.39, 0.29) is 0 Å². The Kier molecular flexibility index (Phi) is 4.67. The lowest BCUT2D eigenvalue weighted by Crippen LogP contribution is -2.32. The Balaban J connectivity index is 1.33. The van der Waals surface area contributed by atoms with Crippen molar-refractivity contribution in [3.05, 3.63) is 78.5 Å². The van der Waals surface area contributed by atoms with Gasteiger partial charge < -0.3 is 4.98 Å². The second-order valence-corrected chi connectivity index (χ2v) is 7.68. The molecular formula is C23H25N5. The zero-order chi connectivity index (χ0) is 18.8. The molecule has 2 aromatic carbocycles. The second kappa shape index (κ2) is 7.60. The fourth-order valence-corrected chi connectivity index (χ4v) is 4.42. The van der Waals surface area contributed by atoms with E-state index >= 15 is 0 Å². The number of likely N-dealkylation sites (tertiary alicyclic amines) is 1. The molecule has 1 saturated heterocycles. The quantitative estimate of drug-likeness (QED) is 0.557. The number of benzene rings is 2. The predicted octanol–water partition coefficient (Wildman–Crippen LogP) is 4.00. The summed E-state index contributed by atoms with van der Waals surface area (Å²) in [6.07, 6.45) is 10.5. The van der Waals surface area contributed by atoms with Gasteiger partial charge in [-0.25, -0.2) is 0 Å². The third kappa shape index (κ3) is 3.45. The van der Waals surface area contributed by atoms with E-state index in [4.69, 9.17) is 0 Å². The van der Waals surface area contributed by atoms with Gasteiger partial charge in [-0.15, -0.1) is 10.2 Å². The normalized spacial score (nSPS) is 17.5. The number of nitrogens with zero attached hydrogens (tertiary/aromatic N) is 4. The Labute approximate surface area is 165 Å². The Morgan fingerprint density at radius 1 is 1.04 bits per heavy atom. The molecule has 0 spiro atoms. The summed E-state index contributed by atoms with van der Waals surface area (Å²) >= 11 is 0. The number of aromatic nitrogens is 4. The SMILES string of the molecule is c1ccc(CCN2CCC[C@@H]2Cc2c[nH]c3ccc(-n4cnnc4)cc23)cc1. The first-order chi connectivity index (χ1) is 13.9. The maximum Gasteiger partial charge on any atom is 0.123 e. The van der Waals surface area contributed by atoms with Crippen LogP contribution in [0, 0.1) is 0 Å². The molecule has 0 unspecified atom stereocenters. The molecule has 1 atom stereocenters. The number of aromatic amines is 1. The van der Waals surface area contributed by atoms with Crippen molar-refractivity contribution in [2.24, 2.45) is 0 Å². The van der Waals surface area contributed by atoms with Crippen LogP contribution in [0.15, 0.2) is 67.4 Å². The van der Waals surface area contributed by atoms with Crippen molar-refractivity contribution in [3.63, 3.8) is 0 Å². The maximum atomic E-state index is 3.93. The minimum Gasteiger partial charge on any atom is -0.361 e. The molecule has 4 aromatic rings. The van der Waals surface area contributed by atoms with E-state index in [1.807, 2.05) is 4.57 Å². The minimum absolute atomic E-state index is 0.626. The average Bonchev–Trinajstić information content (AvgIpc) is 3.49. The van der Waals surface area contributed by atoms with E-state index in [2.05, 4.69) is 74.8 Å². The standard InChI is InChI=1S/C23H25N5/c1-2-5-18(6-3-1)10-12-27-11-4-7-20(27)13-19-15-24-23-9-8-21(14-22(19)23)28-16-25-26-17-28/h1-3,5-6,8-9,14-17,20,24H,4,7,10-13H2/t20-/m1/s1. The summed E-state index contributed by atoms with van der Waals surface area (Å²) in [5.74, 6) is 0. The van der Waals surface area contributed by atoms with E-state index in [0.717, 1.165) is 25.1 Å². The van der Waals surface area contributed by atoms with Crippen LogP contribution in [0.1, 0.15) is 24.0 Å². The van der Waals surface area contributed by atoms with Crippen molar-refractivity contribution in [2.45, 2.75) is 31.7 Å². The van der Waals surface area contributed by atoms with Gasteiger partial charge in [-0.3, -0.25) is 9.47 Å². The molecule has 142 valence electrons. The first-order valence-corrected chi connectivity index (χ1v) is 10.1. The molecule has 0 amide bonds. The third-order valence-electron chi connectivity index (χ3n) is 5.95. The number of nitrogens with one attached hydrogen (secondary N) is 1. The summed E-state index contributed by atoms with van der Waals surface area (Å²) in [4.78, 5) is 6.12. The summed E-state index contributed by atoms with van der Waals surface area (Å²) in [7, 11) is 0. The first kappa shape index (κ1) is 17.2. The molecule has 5 heteroatoms. The van der Waals surface area contributed by atoms with Crippen LogP contribution in [0.3, 0.4) is 0 Å². The van der Waals surface area contributed by atoms with Gasteiger partial charge in [0.15, 0.2) is 0 Å². The minimum atomic E-state index is 0.626. The molecule has 3 heterocycles. The van der Waals surface area contributed by atoms with E-state index < -0.39 is 0 Å². The van der Waals surface area contributed by atoms with Crippen LogP contribution >= 0.6 is 0 Å². The van der Waals surface area contributed by atoms with Crippen LogP contribution in [-0.4, -0.2) is 43.8 Å². The predicted molar refractivity (Wildman–Crippen MR) is 112 cm³/mol. The Morgan fingerprint density at radius 2 is 1.89 bits per heavy atom. The van der Waals surface area contributed by atoms with Crippen LogP contribution in [0.5, 0.6) is 0 Å². The largest absolute Gasteiger partial charge is 0.361 e. The molecular weight excluding hydrogens is 346 g/mol. The van der Waals surface area contributed by atoms with Gasteiger partial charge in [0.2, 0.25) is 0 Å². The molecule has 2 aromatic heterocycles. The van der Waals surface area contributed by atoms with Crippen LogP contribution in [0.2, 0.25) is 0 Å². The Bertz CT molecular complexity index is 1040. The van der Waals surface area contributed by atoms with Crippen LogP contribution in [0.25, 0.3) is 16.6 Å². The monoisotopic (exact) mass is 371 g/mol. The summed E-state index contributed by atoms with van der Waals surface area (Å²) < 4.78 is 1.96. The van der Waals surface area contributed by atoms with Gasteiger partial charge >= 0.3 is 0 Å². The highest BCUT2D eigenvalue weighted by Crippen LogP contribution is 2.27. The van der Waals surface area contributed by atoms with E-state index in [9.17, 15) is 0 Å². The zero-order valence-corrected chi connectivity index (χ0v) is 16.0. The summed E-state index contributed by atoms with van der Waals surface area (Å²) in [5, 5.41) is 9.16. The molecule has 1 aliphatic rings. The Hall–Kier alpha value is -2.92. The molecule has 5 nitrogen and oxygen atoms in total. The fraction of sp³-hybridized carbons (Fsp3) is 0.304. The molecule has 1 aliphatic heterocycles. The highest BCUT2D eigenvalue weighted by Gasteiger charge is 2.25. The van der Waals surface area contributed by atoms with Crippen molar-refractivity contribution in [2.75, 3.05) is 13.1 Å². The summed E-state index contributed by atoms with van der Waals surface area (Å²) in [6, 6.07) is 18.0. The molecule has 28 heavy (non-hydrogen) atoms. The third-order valence-corrected chi connectivity index (χ3v) is 5.95. The molecule has 5 rings (SSSR count). The lowest BCUT2D eigenvalue weighted by atomic mass is 10.0. The molecule has 0 aliphatic carbocycles. The zero-order valence-electron chi connectivity index (χ0n) is 16.0. The van der Waals surface area contributed by atoms with Gasteiger partial charge in [-0.2, -0.15) is 0 Å². The Morgan fingerprint density at radius 3 is 2.75 bits per heavy atom. The molecule has 1 fully saturated rings. The van der Waals surface area contributed by atoms with Crippen LogP contribution in [-0.2, 0) is 12.8 Å². The van der Waals surface area contributed by atoms with Crippen LogP contribution in [0.4, 0.5) is 0 Å². The number of hydrogen-bond donors (Lipinski definition) is 1. The lowest BCUT2D eigenvalue weighted by molar-refractivity contribution is 0.256. The molecule has 0 saturated carbocycles. The van der Waals surface area contributed by atoms with Crippen molar-refractivity contribution < 1.29 is 0 Å². The van der Waals surface area contributed by atoms with E-state index in [1.165, 1.54) is 41.4 Å². The fourth-order valence-electron chi connectivity index (χ4n) is 4.42. The van der Waals surface area contributed by atoms with Gasteiger partial charge in [0.25, 0.3) is 0 Å². The van der Waals surface area contributed by atoms with Crippen molar-refractivity contribution >= 4 is 10.9 Å². The molecule has 0 bridgehead atoms. The number of rotatable bonds is 6. The van der Waals surface area contributed by atoms with Gasteiger partial charge in [0.05, 0.1) is 0 Å². The van der Waals surface area contributed by atoms with Crippen molar-refractivity contribution in [3.8, 4) is 5.69 Å². The van der Waals surface area contributed by atoms with Crippen molar-refractivity contribution in [1.29, 1.82) is 0 Å². The number of H-pyrrole nitrogens is 1. The van der Waals surface area contributed by atoms with E-state index in [0.29, 0.717) is 6.04 Å². The maximum absolute atomic E-state index is 3.93. The smallest absolute Gasteiger partial charge is 0.123 e. The summed E-state index contributed by atoms with van der Waals surface area (Å²) in [6.45, 7) is 2.36. The highest BCUT2D eigenvalue weighted by molar-refractivity contribution is 5.85. The van der Waals surface area contributed by atoms with E-state index in [1.54, 1.807) is 12.7 Å². The molecule has 1 N–H and O–H groups in total. The van der Waals surface area contributed by atoms with Gasteiger partial charge in [-0.1, -0.05) is 30.3 Å². The number of fused-ring (bicyclic) bond motifs is 1. The van der Waals surface area contributed by atoms with Gasteiger partial charge in [-0.05, 0) is 61.6 Å². The van der Waals surface area contributed by atoms with Crippen LogP contribution < -0.4 is 0 Å². The lowest BCUT2D eigenvalue weighted by Gasteiger charge is -2.24. The summed E-state index contributed by atoms with van der Waals surface area (Å²) in [5.41, 5.74) is 5.13. The number of hydrogen-bond acceptors (Lipinski definition) is 3. The molecule has 0 radical (unpaired) electrons. The topological polar surface area (TPSA) is 49.7 Å². The van der Waals surface area contributed by atoms with Crippen molar-refractivity contribution in [1.82, 2.24) is 24.6 Å².